The Morgan fingerprint density at radius 1 is 1.21 bits per heavy atom. The Bertz CT molecular complexity index is 460. The van der Waals surface area contributed by atoms with Crippen LogP contribution in [0.1, 0.15) is 34.1 Å². The van der Waals surface area contributed by atoms with Gasteiger partial charge in [0, 0.05) is 5.02 Å². The first-order valence-electron chi connectivity index (χ1n) is 6.80. The first-order chi connectivity index (χ1) is 8.88. The van der Waals surface area contributed by atoms with Crippen LogP contribution in [0.15, 0.2) is 12.1 Å². The maximum atomic E-state index is 6.23. The van der Waals surface area contributed by atoms with Gasteiger partial charge in [-0.3, -0.25) is 0 Å². The molecule has 1 aromatic rings. The zero-order valence-electron chi connectivity index (χ0n) is 11.8. The molecule has 2 nitrogen and oxygen atoms in total. The zero-order chi connectivity index (χ0) is 14.2. The summed E-state index contributed by atoms with van der Waals surface area (Å²) >= 11 is 12.3. The van der Waals surface area contributed by atoms with Crippen molar-refractivity contribution in [2.45, 2.75) is 46.3 Å². The lowest BCUT2D eigenvalue weighted by molar-refractivity contribution is 0.125. The van der Waals surface area contributed by atoms with Crippen molar-refractivity contribution >= 4 is 28.9 Å². The smallest absolute Gasteiger partial charge is 0.161 e. The van der Waals surface area contributed by atoms with Crippen LogP contribution in [0.3, 0.4) is 0 Å². The Kier molecular flexibility index (Phi) is 4.52. The van der Waals surface area contributed by atoms with Crippen molar-refractivity contribution < 1.29 is 4.74 Å². The number of fused-ring (bicyclic) bond motifs is 1. The number of anilines is 1. The van der Waals surface area contributed by atoms with Gasteiger partial charge >= 0.3 is 0 Å². The molecule has 0 saturated carbocycles. The summed E-state index contributed by atoms with van der Waals surface area (Å²) in [5, 5.41) is 4.74. The van der Waals surface area contributed by atoms with E-state index in [1.165, 1.54) is 0 Å². The molecule has 1 aromatic carbocycles. The molecule has 4 heteroatoms. The second-order valence-electron chi connectivity index (χ2n) is 5.96. The van der Waals surface area contributed by atoms with Gasteiger partial charge in [-0.2, -0.15) is 0 Å². The van der Waals surface area contributed by atoms with E-state index in [4.69, 9.17) is 27.9 Å². The molecule has 1 aliphatic rings. The molecule has 1 N–H and O–H groups in total. The van der Waals surface area contributed by atoms with Crippen LogP contribution >= 0.6 is 23.2 Å². The Balaban J connectivity index is 2.33. The molecule has 106 valence electrons. The highest BCUT2D eigenvalue weighted by molar-refractivity contribution is 6.36. The van der Waals surface area contributed by atoms with Gasteiger partial charge in [0.05, 0.1) is 16.8 Å². The number of hydrogen-bond donors (Lipinski definition) is 1. The molecule has 0 fully saturated rings. The van der Waals surface area contributed by atoms with Crippen LogP contribution < -0.4 is 10.1 Å². The first kappa shape index (κ1) is 14.8. The summed E-state index contributed by atoms with van der Waals surface area (Å²) < 4.78 is 6.15. The lowest BCUT2D eigenvalue weighted by Crippen LogP contribution is -2.45. The van der Waals surface area contributed by atoms with E-state index in [0.717, 1.165) is 17.9 Å². The van der Waals surface area contributed by atoms with Crippen LogP contribution in [0.4, 0.5) is 5.69 Å². The number of hydrogen-bond acceptors (Lipinski definition) is 2. The molecule has 1 heterocycles. The number of rotatable bonds is 3. The van der Waals surface area contributed by atoms with Crippen molar-refractivity contribution in [2.24, 2.45) is 11.8 Å². The van der Waals surface area contributed by atoms with Crippen LogP contribution in [-0.2, 0) is 0 Å². The van der Waals surface area contributed by atoms with Crippen molar-refractivity contribution in [3.05, 3.63) is 22.2 Å². The Hall–Kier alpha value is -0.600. The fraction of sp³-hybridized carbons (Fsp3) is 0.600. The monoisotopic (exact) mass is 301 g/mol. The van der Waals surface area contributed by atoms with Crippen LogP contribution in [0.2, 0.25) is 10.0 Å². The molecule has 0 aliphatic carbocycles. The number of benzene rings is 1. The van der Waals surface area contributed by atoms with E-state index in [1.54, 1.807) is 6.07 Å². The largest absolute Gasteiger partial charge is 0.485 e. The van der Waals surface area contributed by atoms with Crippen LogP contribution in [0, 0.1) is 11.8 Å². The number of ether oxygens (including phenoxy) is 1. The number of halogens is 2. The van der Waals surface area contributed by atoms with Gasteiger partial charge < -0.3 is 10.1 Å². The van der Waals surface area contributed by atoms with Crippen LogP contribution in [0.5, 0.6) is 5.75 Å². The van der Waals surface area contributed by atoms with E-state index in [0.29, 0.717) is 21.9 Å². The minimum Gasteiger partial charge on any atom is -0.485 e. The number of nitrogens with one attached hydrogen (secondary N) is 1. The summed E-state index contributed by atoms with van der Waals surface area (Å²) in [5.41, 5.74) is 0.899. The molecule has 2 rings (SSSR count). The zero-order valence-corrected chi connectivity index (χ0v) is 13.3. The third-order valence-corrected chi connectivity index (χ3v) is 3.92. The molecule has 2 unspecified atom stereocenters. The molecule has 0 spiro atoms. The molecule has 0 saturated heterocycles. The minimum absolute atomic E-state index is 0.145. The Morgan fingerprint density at radius 2 is 1.89 bits per heavy atom. The molecule has 0 amide bonds. The molecule has 1 aliphatic heterocycles. The van der Waals surface area contributed by atoms with Crippen molar-refractivity contribution in [3.63, 3.8) is 0 Å². The lowest BCUT2D eigenvalue weighted by atomic mass is 9.91. The van der Waals surface area contributed by atoms with Gasteiger partial charge in [0.25, 0.3) is 0 Å². The lowest BCUT2D eigenvalue weighted by Gasteiger charge is -2.38. The van der Waals surface area contributed by atoms with Crippen LogP contribution in [-0.4, -0.2) is 12.1 Å². The summed E-state index contributed by atoms with van der Waals surface area (Å²) in [6.07, 6.45) is 1.15. The fourth-order valence-electron chi connectivity index (χ4n) is 2.54. The van der Waals surface area contributed by atoms with E-state index < -0.39 is 0 Å². The molecule has 19 heavy (non-hydrogen) atoms. The van der Waals surface area contributed by atoms with E-state index in [9.17, 15) is 0 Å². The van der Waals surface area contributed by atoms with Crippen LogP contribution in [0.25, 0.3) is 0 Å². The van der Waals surface area contributed by atoms with E-state index >= 15 is 0 Å². The van der Waals surface area contributed by atoms with Crippen molar-refractivity contribution in [1.29, 1.82) is 0 Å². The van der Waals surface area contributed by atoms with Gasteiger partial charge in [-0.25, -0.2) is 0 Å². The van der Waals surface area contributed by atoms with Gasteiger partial charge in [0.1, 0.15) is 6.10 Å². The summed E-state index contributed by atoms with van der Waals surface area (Å²) in [5.74, 6) is 1.80. The van der Waals surface area contributed by atoms with Gasteiger partial charge in [-0.15, -0.1) is 0 Å². The highest BCUT2D eigenvalue weighted by Crippen LogP contribution is 2.42. The van der Waals surface area contributed by atoms with Crippen molar-refractivity contribution in [3.8, 4) is 5.75 Å². The third kappa shape index (κ3) is 3.29. The average molecular weight is 302 g/mol. The maximum absolute atomic E-state index is 6.23. The Labute approximate surface area is 125 Å². The van der Waals surface area contributed by atoms with Crippen molar-refractivity contribution in [1.82, 2.24) is 0 Å². The second kappa shape index (κ2) is 5.80. The highest BCUT2D eigenvalue weighted by Gasteiger charge is 2.33. The predicted octanol–water partition coefficient (Wildman–Crippen LogP) is 5.24. The highest BCUT2D eigenvalue weighted by atomic mass is 35.5. The standard InChI is InChI=1S/C15H21Cl2NO/c1-8(2)5-13-14(9(3)4)18-12-7-10(16)6-11(17)15(12)19-13/h6-9,13-14,18H,5H2,1-4H3. The molecule has 2 atom stereocenters. The predicted molar refractivity (Wildman–Crippen MR) is 82.6 cm³/mol. The third-order valence-electron chi connectivity index (χ3n) is 3.42. The molecule has 0 aromatic heterocycles. The first-order valence-corrected chi connectivity index (χ1v) is 7.56. The molecule has 0 radical (unpaired) electrons. The fourth-order valence-corrected chi connectivity index (χ4v) is 3.08. The Morgan fingerprint density at radius 3 is 2.47 bits per heavy atom. The van der Waals surface area contributed by atoms with Crippen molar-refractivity contribution in [2.75, 3.05) is 5.32 Å². The average Bonchev–Trinajstić information content (AvgIpc) is 2.28. The van der Waals surface area contributed by atoms with Gasteiger partial charge in [-0.1, -0.05) is 50.9 Å². The normalized spacial score (nSPS) is 22.1. The summed E-state index contributed by atoms with van der Waals surface area (Å²) in [4.78, 5) is 0. The molecular weight excluding hydrogens is 281 g/mol. The van der Waals surface area contributed by atoms with E-state index in [-0.39, 0.29) is 12.1 Å². The summed E-state index contributed by atoms with van der Waals surface area (Å²) in [6, 6.07) is 3.89. The summed E-state index contributed by atoms with van der Waals surface area (Å²) in [6.45, 7) is 8.82. The minimum atomic E-state index is 0.145. The van der Waals surface area contributed by atoms with Gasteiger partial charge in [0.15, 0.2) is 5.75 Å². The quantitative estimate of drug-likeness (QED) is 0.824. The SMILES string of the molecule is CC(C)CC1Oc2c(Cl)cc(Cl)cc2NC1C(C)C. The molecular formula is C15H21Cl2NO. The molecule has 0 bridgehead atoms. The van der Waals surface area contributed by atoms with E-state index in [2.05, 4.69) is 33.0 Å². The topological polar surface area (TPSA) is 21.3 Å². The van der Waals surface area contributed by atoms with Gasteiger partial charge in [0.2, 0.25) is 0 Å². The summed E-state index contributed by atoms with van der Waals surface area (Å²) in [7, 11) is 0. The maximum Gasteiger partial charge on any atom is 0.161 e. The van der Waals surface area contributed by atoms with E-state index in [1.807, 2.05) is 6.07 Å². The second-order valence-corrected chi connectivity index (χ2v) is 6.81. The van der Waals surface area contributed by atoms with Gasteiger partial charge in [-0.05, 0) is 30.4 Å².